The predicted octanol–water partition coefficient (Wildman–Crippen LogP) is 2.69. The molecule has 0 radical (unpaired) electrons. The molecule has 22 heavy (non-hydrogen) atoms. The van der Waals surface area contributed by atoms with Crippen molar-refractivity contribution in [3.8, 4) is 0 Å². The van der Waals surface area contributed by atoms with Gasteiger partial charge in [-0.15, -0.1) is 0 Å². The molecule has 1 atom stereocenters. The second-order valence-corrected chi connectivity index (χ2v) is 4.76. The van der Waals surface area contributed by atoms with Gasteiger partial charge in [0.1, 0.15) is 5.82 Å². The Morgan fingerprint density at radius 1 is 1.14 bits per heavy atom. The third kappa shape index (κ3) is 4.41. The van der Waals surface area contributed by atoms with Crippen molar-refractivity contribution in [1.29, 1.82) is 0 Å². The first-order chi connectivity index (χ1) is 10.6. The van der Waals surface area contributed by atoms with Crippen molar-refractivity contribution in [3.63, 3.8) is 0 Å². The molecule has 1 amide bonds. The maximum absolute atomic E-state index is 13.0. The molecule has 0 aromatic heterocycles. The Bertz CT molecular complexity index is 658. The summed E-state index contributed by atoms with van der Waals surface area (Å²) in [6.07, 6.45) is -0.959. The van der Waals surface area contributed by atoms with Crippen LogP contribution in [-0.4, -0.2) is 18.0 Å². The zero-order valence-electron chi connectivity index (χ0n) is 12.1. The lowest BCUT2D eigenvalue weighted by atomic mass is 10.2. The zero-order chi connectivity index (χ0) is 15.9. The summed E-state index contributed by atoms with van der Waals surface area (Å²) >= 11 is 0. The summed E-state index contributed by atoms with van der Waals surface area (Å²) in [6, 6.07) is 14.5. The molecule has 2 rings (SSSR count). The monoisotopic (exact) mass is 301 g/mol. The molecule has 0 saturated heterocycles. The molecule has 2 aromatic rings. The second-order valence-electron chi connectivity index (χ2n) is 4.76. The highest BCUT2D eigenvalue weighted by molar-refractivity contribution is 5.92. The number of benzene rings is 2. The molecular formula is C17H16FNO3. The Hall–Kier alpha value is -2.69. The van der Waals surface area contributed by atoms with Gasteiger partial charge in [0, 0.05) is 6.54 Å². The molecule has 0 bridgehead atoms. The lowest BCUT2D eigenvalue weighted by Gasteiger charge is -2.13. The van der Waals surface area contributed by atoms with Gasteiger partial charge in [-0.1, -0.05) is 36.4 Å². The van der Waals surface area contributed by atoms with Crippen molar-refractivity contribution in [2.75, 3.05) is 0 Å². The van der Waals surface area contributed by atoms with Crippen molar-refractivity contribution < 1.29 is 18.7 Å². The second kappa shape index (κ2) is 7.36. The van der Waals surface area contributed by atoms with E-state index in [9.17, 15) is 14.0 Å². The zero-order valence-corrected chi connectivity index (χ0v) is 12.1. The SMILES string of the molecule is C[C@H](OC(=O)c1cccc(F)c1)C(=O)NCc1ccccc1. The summed E-state index contributed by atoms with van der Waals surface area (Å²) in [5.74, 6) is -1.67. The summed E-state index contributed by atoms with van der Waals surface area (Å²) in [7, 11) is 0. The third-order valence-corrected chi connectivity index (χ3v) is 3.02. The quantitative estimate of drug-likeness (QED) is 0.864. The van der Waals surface area contributed by atoms with Gasteiger partial charge in [0.05, 0.1) is 5.56 Å². The van der Waals surface area contributed by atoms with Crippen LogP contribution in [0.3, 0.4) is 0 Å². The first-order valence-electron chi connectivity index (χ1n) is 6.84. The number of carbonyl (C=O) groups excluding carboxylic acids is 2. The molecule has 1 N–H and O–H groups in total. The number of halogens is 1. The third-order valence-electron chi connectivity index (χ3n) is 3.02. The van der Waals surface area contributed by atoms with Gasteiger partial charge in [0.25, 0.3) is 5.91 Å². The largest absolute Gasteiger partial charge is 0.449 e. The number of ether oxygens (including phenoxy) is 1. The van der Waals surface area contributed by atoms with E-state index in [-0.39, 0.29) is 5.56 Å². The van der Waals surface area contributed by atoms with Gasteiger partial charge in [0.15, 0.2) is 6.10 Å². The van der Waals surface area contributed by atoms with E-state index in [1.165, 1.54) is 25.1 Å². The van der Waals surface area contributed by atoms with Crippen LogP contribution in [0.15, 0.2) is 54.6 Å². The van der Waals surface area contributed by atoms with Crippen LogP contribution in [0.4, 0.5) is 4.39 Å². The molecule has 0 aliphatic rings. The number of esters is 1. The van der Waals surface area contributed by atoms with Crippen molar-refractivity contribution in [3.05, 3.63) is 71.5 Å². The smallest absolute Gasteiger partial charge is 0.339 e. The van der Waals surface area contributed by atoms with E-state index in [0.717, 1.165) is 11.6 Å². The minimum Gasteiger partial charge on any atom is -0.449 e. The Labute approximate surface area is 127 Å². The molecule has 2 aromatic carbocycles. The topological polar surface area (TPSA) is 55.4 Å². The van der Waals surface area contributed by atoms with Crippen LogP contribution in [-0.2, 0) is 16.1 Å². The van der Waals surface area contributed by atoms with E-state index in [4.69, 9.17) is 4.74 Å². The van der Waals surface area contributed by atoms with E-state index in [2.05, 4.69) is 5.32 Å². The van der Waals surface area contributed by atoms with Crippen LogP contribution >= 0.6 is 0 Å². The van der Waals surface area contributed by atoms with E-state index < -0.39 is 23.8 Å². The van der Waals surface area contributed by atoms with Crippen LogP contribution in [0.2, 0.25) is 0 Å². The Balaban J connectivity index is 1.87. The lowest BCUT2D eigenvalue weighted by molar-refractivity contribution is -0.129. The van der Waals surface area contributed by atoms with Crippen LogP contribution in [0.5, 0.6) is 0 Å². The minimum atomic E-state index is -0.959. The number of nitrogens with one attached hydrogen (secondary N) is 1. The Morgan fingerprint density at radius 3 is 2.55 bits per heavy atom. The fourth-order valence-corrected chi connectivity index (χ4v) is 1.83. The molecule has 114 valence electrons. The molecule has 0 aliphatic heterocycles. The maximum atomic E-state index is 13.0. The maximum Gasteiger partial charge on any atom is 0.339 e. The predicted molar refractivity (Wildman–Crippen MR) is 79.6 cm³/mol. The molecule has 0 unspecified atom stereocenters. The van der Waals surface area contributed by atoms with Crippen molar-refractivity contribution in [1.82, 2.24) is 5.32 Å². The first kappa shape index (κ1) is 15.7. The fourth-order valence-electron chi connectivity index (χ4n) is 1.83. The van der Waals surface area contributed by atoms with Gasteiger partial charge >= 0.3 is 5.97 Å². The van der Waals surface area contributed by atoms with Crippen molar-refractivity contribution >= 4 is 11.9 Å². The van der Waals surface area contributed by atoms with Crippen LogP contribution < -0.4 is 5.32 Å². The summed E-state index contributed by atoms with van der Waals surface area (Å²) in [6.45, 7) is 1.82. The molecule has 4 nitrogen and oxygen atoms in total. The van der Waals surface area contributed by atoms with Crippen LogP contribution in [0, 0.1) is 5.82 Å². The highest BCUT2D eigenvalue weighted by Gasteiger charge is 2.18. The van der Waals surface area contributed by atoms with Gasteiger partial charge in [-0.2, -0.15) is 0 Å². The Kier molecular flexibility index (Phi) is 5.25. The minimum absolute atomic E-state index is 0.0720. The number of hydrogen-bond acceptors (Lipinski definition) is 3. The summed E-state index contributed by atoms with van der Waals surface area (Å²) in [5.41, 5.74) is 1.02. The van der Waals surface area contributed by atoms with Crippen molar-refractivity contribution in [2.24, 2.45) is 0 Å². The first-order valence-corrected chi connectivity index (χ1v) is 6.84. The summed E-state index contributed by atoms with van der Waals surface area (Å²) < 4.78 is 18.1. The molecule has 0 heterocycles. The average Bonchev–Trinajstić information content (AvgIpc) is 2.53. The van der Waals surface area contributed by atoms with E-state index in [1.54, 1.807) is 0 Å². The molecule has 5 heteroatoms. The summed E-state index contributed by atoms with van der Waals surface area (Å²) in [4.78, 5) is 23.7. The standard InChI is InChI=1S/C17H16FNO3/c1-12(16(20)19-11-13-6-3-2-4-7-13)22-17(21)14-8-5-9-15(18)10-14/h2-10,12H,11H2,1H3,(H,19,20)/t12-/m0/s1. The Morgan fingerprint density at radius 2 is 1.86 bits per heavy atom. The summed E-state index contributed by atoms with van der Waals surface area (Å²) in [5, 5.41) is 2.68. The molecule has 0 spiro atoms. The van der Waals surface area contributed by atoms with Gasteiger partial charge in [-0.25, -0.2) is 9.18 Å². The van der Waals surface area contributed by atoms with Gasteiger partial charge < -0.3 is 10.1 Å². The van der Waals surface area contributed by atoms with E-state index in [0.29, 0.717) is 6.54 Å². The molecular weight excluding hydrogens is 285 g/mol. The lowest BCUT2D eigenvalue weighted by Crippen LogP contribution is -2.35. The fraction of sp³-hybridized carbons (Fsp3) is 0.176. The van der Waals surface area contributed by atoms with Gasteiger partial charge in [-0.05, 0) is 30.7 Å². The molecule has 0 saturated carbocycles. The number of amides is 1. The van der Waals surface area contributed by atoms with Gasteiger partial charge in [-0.3, -0.25) is 4.79 Å². The number of hydrogen-bond donors (Lipinski definition) is 1. The van der Waals surface area contributed by atoms with Crippen molar-refractivity contribution in [2.45, 2.75) is 19.6 Å². The van der Waals surface area contributed by atoms with Crippen LogP contribution in [0.1, 0.15) is 22.8 Å². The van der Waals surface area contributed by atoms with Gasteiger partial charge in [0.2, 0.25) is 0 Å². The normalized spacial score (nSPS) is 11.5. The highest BCUT2D eigenvalue weighted by atomic mass is 19.1. The number of rotatable bonds is 5. The average molecular weight is 301 g/mol. The van der Waals surface area contributed by atoms with E-state index in [1.807, 2.05) is 30.3 Å². The number of carbonyl (C=O) groups is 2. The highest BCUT2D eigenvalue weighted by Crippen LogP contribution is 2.07. The molecule has 0 aliphatic carbocycles. The van der Waals surface area contributed by atoms with E-state index >= 15 is 0 Å². The van der Waals surface area contributed by atoms with Crippen LogP contribution in [0.25, 0.3) is 0 Å². The molecule has 0 fully saturated rings.